The van der Waals surface area contributed by atoms with Crippen molar-refractivity contribution < 1.29 is 4.39 Å². The van der Waals surface area contributed by atoms with E-state index < -0.39 is 11.2 Å². The van der Waals surface area contributed by atoms with Gasteiger partial charge < -0.3 is 9.88 Å². The third-order valence-corrected chi connectivity index (χ3v) is 5.01. The second kappa shape index (κ2) is 8.48. The molecule has 0 aromatic carbocycles. The summed E-state index contributed by atoms with van der Waals surface area (Å²) >= 11 is 0. The van der Waals surface area contributed by atoms with Gasteiger partial charge in [-0.25, -0.2) is 13.9 Å². The highest BCUT2D eigenvalue weighted by molar-refractivity contribution is 5.58. The number of rotatable bonds is 6. The monoisotopic (exact) mass is 412 g/mol. The normalized spacial score (nSPS) is 19.7. The fraction of sp³-hybridized carbons (Fsp3) is 0.333. The van der Waals surface area contributed by atoms with Gasteiger partial charge in [-0.2, -0.15) is 5.10 Å². The Morgan fingerprint density at radius 2 is 2.17 bits per heavy atom. The van der Waals surface area contributed by atoms with Gasteiger partial charge in [-0.1, -0.05) is 12.7 Å². The van der Waals surface area contributed by atoms with E-state index in [0.717, 1.165) is 12.0 Å². The van der Waals surface area contributed by atoms with Gasteiger partial charge in [0.15, 0.2) is 5.49 Å². The molecule has 0 aliphatic heterocycles. The minimum Gasteiger partial charge on any atom is -0.381 e. The third kappa shape index (κ3) is 4.10. The number of hydrogen-bond donors (Lipinski definition) is 2. The molecule has 1 aliphatic carbocycles. The zero-order valence-electron chi connectivity index (χ0n) is 17.4. The van der Waals surface area contributed by atoms with Crippen molar-refractivity contribution in [2.45, 2.75) is 19.3 Å². The van der Waals surface area contributed by atoms with Gasteiger partial charge in [0.1, 0.15) is 5.83 Å². The molecule has 1 aliphatic rings. The Labute approximate surface area is 172 Å². The van der Waals surface area contributed by atoms with Crippen LogP contribution in [0.4, 0.5) is 4.39 Å². The third-order valence-electron chi connectivity index (χ3n) is 5.01. The molecule has 2 aromatic heterocycles. The number of aromatic amines is 2. The predicted molar refractivity (Wildman–Crippen MR) is 114 cm³/mol. The molecule has 1 fully saturated rings. The summed E-state index contributed by atoms with van der Waals surface area (Å²) in [5, 5.41) is 4.41. The average molecular weight is 412 g/mol. The first kappa shape index (κ1) is 21.2. The van der Waals surface area contributed by atoms with Gasteiger partial charge in [0.25, 0.3) is 5.56 Å². The summed E-state index contributed by atoms with van der Waals surface area (Å²) in [5.41, 5.74) is 1.52. The minimum atomic E-state index is -0.594. The quantitative estimate of drug-likeness (QED) is 0.709. The fourth-order valence-electron chi connectivity index (χ4n) is 3.61. The topological polar surface area (TPSA) is 99.1 Å². The lowest BCUT2D eigenvalue weighted by atomic mass is 10.0. The summed E-state index contributed by atoms with van der Waals surface area (Å²) in [6.45, 7) is 5.59. The van der Waals surface area contributed by atoms with E-state index in [1.807, 2.05) is 6.92 Å². The number of nitrogens with one attached hydrogen (secondary N) is 2. The summed E-state index contributed by atoms with van der Waals surface area (Å²) in [7, 11) is 5.19. The van der Waals surface area contributed by atoms with Crippen LogP contribution in [-0.2, 0) is 0 Å². The first-order chi connectivity index (χ1) is 14.3. The zero-order chi connectivity index (χ0) is 22.0. The summed E-state index contributed by atoms with van der Waals surface area (Å²) in [4.78, 5) is 34.3. The fourth-order valence-corrected chi connectivity index (χ4v) is 3.61. The van der Waals surface area contributed by atoms with Crippen molar-refractivity contribution in [3.63, 3.8) is 0 Å². The van der Waals surface area contributed by atoms with Crippen molar-refractivity contribution >= 4 is 6.20 Å². The Kier molecular flexibility index (Phi) is 6.00. The highest BCUT2D eigenvalue weighted by Gasteiger charge is 2.43. The van der Waals surface area contributed by atoms with Crippen molar-refractivity contribution in [3.8, 4) is 11.3 Å². The smallest absolute Gasteiger partial charge is 0.325 e. The highest BCUT2D eigenvalue weighted by atomic mass is 19.1. The Hall–Kier alpha value is -3.49. The lowest BCUT2D eigenvalue weighted by Gasteiger charge is -2.11. The van der Waals surface area contributed by atoms with Gasteiger partial charge >= 0.3 is 5.69 Å². The Morgan fingerprint density at radius 1 is 1.43 bits per heavy atom. The first-order valence-electron chi connectivity index (χ1n) is 9.52. The molecule has 30 heavy (non-hydrogen) atoms. The van der Waals surface area contributed by atoms with Crippen molar-refractivity contribution in [1.29, 1.82) is 0 Å². The number of hydrogen-bond acceptors (Lipinski definition) is 5. The van der Waals surface area contributed by atoms with Crippen LogP contribution in [0.5, 0.6) is 0 Å². The maximum Gasteiger partial charge on any atom is 0.325 e. The van der Waals surface area contributed by atoms with Crippen molar-refractivity contribution in [2.75, 3.05) is 21.1 Å². The zero-order valence-corrected chi connectivity index (χ0v) is 17.4. The molecule has 0 bridgehead atoms. The maximum atomic E-state index is 14.7. The molecule has 0 saturated heterocycles. The maximum absolute atomic E-state index is 14.7. The SMILES string of the molecule is C=Cn1nc(-c2c[nH]c(=O)[nH]c2=O)cc([C@H]2C[C@@H]2C(=C/C)/C(F)=C\N(C)C)c1=NC. The first-order valence-corrected chi connectivity index (χ1v) is 9.52. The second-order valence-electron chi connectivity index (χ2n) is 7.28. The van der Waals surface area contributed by atoms with E-state index in [9.17, 15) is 14.0 Å². The molecule has 158 valence electrons. The molecule has 2 aromatic rings. The van der Waals surface area contributed by atoms with Crippen molar-refractivity contribution in [3.05, 3.63) is 74.4 Å². The molecule has 2 N–H and O–H groups in total. The van der Waals surface area contributed by atoms with Crippen LogP contribution in [0.2, 0.25) is 0 Å². The number of aromatic nitrogens is 4. The van der Waals surface area contributed by atoms with E-state index in [2.05, 4.69) is 26.6 Å². The molecular weight excluding hydrogens is 387 g/mol. The van der Waals surface area contributed by atoms with Gasteiger partial charge in [0.2, 0.25) is 0 Å². The lowest BCUT2D eigenvalue weighted by Crippen LogP contribution is -2.27. The largest absolute Gasteiger partial charge is 0.381 e. The molecule has 2 heterocycles. The minimum absolute atomic E-state index is 0.00548. The van der Waals surface area contributed by atoms with Crippen LogP contribution in [0.25, 0.3) is 17.5 Å². The van der Waals surface area contributed by atoms with Crippen molar-refractivity contribution in [1.82, 2.24) is 24.6 Å². The molecule has 0 amide bonds. The lowest BCUT2D eigenvalue weighted by molar-refractivity contribution is 0.520. The van der Waals surface area contributed by atoms with Gasteiger partial charge in [-0.15, -0.1) is 0 Å². The number of nitrogens with zero attached hydrogens (tertiary/aromatic N) is 4. The van der Waals surface area contributed by atoms with Crippen LogP contribution >= 0.6 is 0 Å². The van der Waals surface area contributed by atoms with E-state index in [-0.39, 0.29) is 23.2 Å². The molecule has 0 unspecified atom stereocenters. The van der Waals surface area contributed by atoms with E-state index >= 15 is 0 Å². The highest BCUT2D eigenvalue weighted by Crippen LogP contribution is 2.53. The second-order valence-corrected chi connectivity index (χ2v) is 7.28. The van der Waals surface area contributed by atoms with Crippen LogP contribution < -0.4 is 16.7 Å². The molecule has 3 rings (SSSR count). The number of allylic oxidation sites excluding steroid dienone is 3. The molecule has 2 atom stereocenters. The van der Waals surface area contributed by atoms with E-state index in [1.54, 1.807) is 38.2 Å². The number of H-pyrrole nitrogens is 2. The van der Waals surface area contributed by atoms with E-state index in [1.165, 1.54) is 23.3 Å². The van der Waals surface area contributed by atoms with Crippen LogP contribution in [0.1, 0.15) is 24.8 Å². The molecule has 8 nitrogen and oxygen atoms in total. The van der Waals surface area contributed by atoms with E-state index in [4.69, 9.17) is 0 Å². The summed E-state index contributed by atoms with van der Waals surface area (Å²) in [6, 6.07) is 1.77. The van der Waals surface area contributed by atoms with Crippen LogP contribution in [-0.4, -0.2) is 45.8 Å². The van der Waals surface area contributed by atoms with Crippen LogP contribution in [0, 0.1) is 5.92 Å². The van der Waals surface area contributed by atoms with Crippen LogP contribution in [0.3, 0.4) is 0 Å². The van der Waals surface area contributed by atoms with Gasteiger partial charge in [-0.3, -0.25) is 14.8 Å². The van der Waals surface area contributed by atoms with Gasteiger partial charge in [-0.05, 0) is 36.8 Å². The molecular formula is C21H25FN6O2. The molecule has 0 radical (unpaired) electrons. The standard InChI is InChI=1S/C21H25FN6O2/c1-6-12(17(22)11-27(4)5)13-8-14(13)15-9-18(26-28(7-2)19(15)23-3)16-10-24-21(30)25-20(16)29/h6-7,9-11,13-14H,2,8H2,1,3-5H3,(H2,24,25,29,30)/b12-6-,17-11+,23-19?/t13-,14+/m1/s1. The van der Waals surface area contributed by atoms with Crippen molar-refractivity contribution in [2.24, 2.45) is 10.9 Å². The Bertz CT molecular complexity index is 1210. The summed E-state index contributed by atoms with van der Waals surface area (Å²) in [6.07, 6.45) is 6.82. The molecule has 9 heteroatoms. The molecule has 1 saturated carbocycles. The Morgan fingerprint density at radius 3 is 2.73 bits per heavy atom. The average Bonchev–Trinajstić information content (AvgIpc) is 3.47. The van der Waals surface area contributed by atoms with Gasteiger partial charge in [0, 0.05) is 45.3 Å². The number of halogens is 1. The summed E-state index contributed by atoms with van der Waals surface area (Å²) in [5.74, 6) is -0.256. The Balaban J connectivity index is 2.11. The van der Waals surface area contributed by atoms with E-state index in [0.29, 0.717) is 16.8 Å². The molecule has 0 spiro atoms. The van der Waals surface area contributed by atoms with Crippen LogP contribution in [0.15, 0.2) is 57.1 Å². The summed E-state index contributed by atoms with van der Waals surface area (Å²) < 4.78 is 16.2. The predicted octanol–water partition coefficient (Wildman–Crippen LogP) is 1.98. The van der Waals surface area contributed by atoms with Gasteiger partial charge in [0.05, 0.1) is 11.3 Å².